The topological polar surface area (TPSA) is 64.4 Å². The number of hydrogen-bond acceptors (Lipinski definition) is 4. The molecule has 0 spiro atoms. The lowest BCUT2D eigenvalue weighted by atomic mass is 10.3. The molecule has 94 valence electrons. The zero-order valence-electron chi connectivity index (χ0n) is 9.20. The predicted molar refractivity (Wildman–Crippen MR) is 64.8 cm³/mol. The van der Waals surface area contributed by atoms with E-state index in [0.29, 0.717) is 6.54 Å². The van der Waals surface area contributed by atoms with Gasteiger partial charge in [0, 0.05) is 18.7 Å². The molecule has 1 aromatic rings. The van der Waals surface area contributed by atoms with Gasteiger partial charge in [0.1, 0.15) is 12.4 Å². The van der Waals surface area contributed by atoms with Crippen LogP contribution < -0.4 is 10.1 Å². The van der Waals surface area contributed by atoms with E-state index in [1.807, 2.05) is 6.92 Å². The van der Waals surface area contributed by atoms with Gasteiger partial charge in [-0.1, -0.05) is 6.92 Å². The highest BCUT2D eigenvalue weighted by Gasteiger charge is 2.18. The van der Waals surface area contributed by atoms with Gasteiger partial charge in [0.05, 0.1) is 9.40 Å². The van der Waals surface area contributed by atoms with Crippen LogP contribution in [0.3, 0.4) is 0 Å². The molecule has 0 radical (unpaired) electrons. The third-order valence-corrected chi connectivity index (χ3v) is 2.59. The number of ether oxygens (including phenoxy) is 1. The maximum absolute atomic E-state index is 13.2. The second kappa shape index (κ2) is 6.51. The zero-order valence-corrected chi connectivity index (χ0v) is 10.8. The van der Waals surface area contributed by atoms with Crippen molar-refractivity contribution >= 4 is 21.6 Å². The molecule has 0 heterocycles. The first kappa shape index (κ1) is 13.9. The first-order valence-corrected chi connectivity index (χ1v) is 5.82. The molecule has 0 unspecified atom stereocenters. The number of nitro benzene ring substituents is 1. The predicted octanol–water partition coefficient (Wildman–Crippen LogP) is 2.48. The molecular weight excluding hydrogens is 295 g/mol. The largest absolute Gasteiger partial charge is 0.485 e. The van der Waals surface area contributed by atoms with E-state index in [2.05, 4.69) is 21.2 Å². The Bertz CT molecular complexity index is 415. The summed E-state index contributed by atoms with van der Waals surface area (Å²) < 4.78 is 18.4. The number of hydrogen-bond donors (Lipinski definition) is 1. The normalized spacial score (nSPS) is 10.3. The van der Waals surface area contributed by atoms with Crippen LogP contribution in [0.25, 0.3) is 0 Å². The Morgan fingerprint density at radius 2 is 2.29 bits per heavy atom. The van der Waals surface area contributed by atoms with E-state index in [1.54, 1.807) is 0 Å². The molecule has 1 aromatic carbocycles. The maximum Gasteiger partial charge on any atom is 0.312 e. The molecule has 1 N–H and O–H groups in total. The molecule has 0 fully saturated rings. The lowest BCUT2D eigenvalue weighted by Crippen LogP contribution is -2.20. The van der Waals surface area contributed by atoms with Gasteiger partial charge in [-0.2, -0.15) is 0 Å². The van der Waals surface area contributed by atoms with Gasteiger partial charge in [-0.25, -0.2) is 4.39 Å². The molecule has 0 saturated carbocycles. The van der Waals surface area contributed by atoms with Gasteiger partial charge in [-0.3, -0.25) is 10.1 Å². The summed E-state index contributed by atoms with van der Waals surface area (Å²) in [6, 6.07) is 2.10. The fraction of sp³-hybridized carbons (Fsp3) is 0.400. The van der Waals surface area contributed by atoms with E-state index in [1.165, 1.54) is 0 Å². The number of nitro groups is 1. The summed E-state index contributed by atoms with van der Waals surface area (Å²) in [5, 5.41) is 13.7. The highest BCUT2D eigenvalue weighted by atomic mass is 79.9. The summed E-state index contributed by atoms with van der Waals surface area (Å²) >= 11 is 2.89. The van der Waals surface area contributed by atoms with Crippen molar-refractivity contribution in [3.8, 4) is 5.75 Å². The highest BCUT2D eigenvalue weighted by Crippen LogP contribution is 2.32. The molecule has 0 amide bonds. The van der Waals surface area contributed by atoms with Gasteiger partial charge < -0.3 is 10.1 Å². The van der Waals surface area contributed by atoms with E-state index in [-0.39, 0.29) is 22.5 Å². The Morgan fingerprint density at radius 3 is 2.88 bits per heavy atom. The molecule has 17 heavy (non-hydrogen) atoms. The van der Waals surface area contributed by atoms with Gasteiger partial charge in [0.25, 0.3) is 0 Å². The Kier molecular flexibility index (Phi) is 5.30. The number of halogens is 2. The number of nitrogens with one attached hydrogen (secondary N) is 1. The van der Waals surface area contributed by atoms with Gasteiger partial charge in [-0.15, -0.1) is 0 Å². The molecule has 0 aliphatic heterocycles. The molecular formula is C10H12BrFN2O3. The van der Waals surface area contributed by atoms with Crippen LogP contribution in [0.4, 0.5) is 10.1 Å². The summed E-state index contributed by atoms with van der Waals surface area (Å²) in [5.41, 5.74) is -0.255. The van der Waals surface area contributed by atoms with Gasteiger partial charge in [0.15, 0.2) is 5.75 Å². The van der Waals surface area contributed by atoms with Crippen LogP contribution in [0.5, 0.6) is 5.75 Å². The molecule has 0 bridgehead atoms. The minimum absolute atomic E-state index is 0.0447. The summed E-state index contributed by atoms with van der Waals surface area (Å²) in [6.07, 6.45) is 0. The average molecular weight is 307 g/mol. The molecule has 1 rings (SSSR count). The number of benzene rings is 1. The van der Waals surface area contributed by atoms with Crippen LogP contribution in [0.15, 0.2) is 16.6 Å². The van der Waals surface area contributed by atoms with Gasteiger partial charge >= 0.3 is 5.69 Å². The Morgan fingerprint density at radius 1 is 1.59 bits per heavy atom. The smallest absolute Gasteiger partial charge is 0.312 e. The van der Waals surface area contributed by atoms with Crippen molar-refractivity contribution in [3.05, 3.63) is 32.5 Å². The summed E-state index contributed by atoms with van der Waals surface area (Å²) in [6.45, 7) is 3.50. The molecule has 0 aliphatic carbocycles. The van der Waals surface area contributed by atoms with Crippen LogP contribution in [0.1, 0.15) is 6.92 Å². The van der Waals surface area contributed by atoms with E-state index in [9.17, 15) is 14.5 Å². The summed E-state index contributed by atoms with van der Waals surface area (Å²) in [4.78, 5) is 10.1. The minimum atomic E-state index is -0.604. The van der Waals surface area contributed by atoms with Crippen LogP contribution in [0.2, 0.25) is 0 Å². The summed E-state index contributed by atoms with van der Waals surface area (Å²) in [7, 11) is 0. The quantitative estimate of drug-likeness (QED) is 0.498. The standard InChI is InChI=1S/C10H12BrFN2O3/c1-2-13-3-4-17-10-6-8(12)7(11)5-9(10)14(15)16/h5-6,13H,2-4H2,1H3. The Hall–Kier alpha value is -1.21. The van der Waals surface area contributed by atoms with Crippen molar-refractivity contribution in [2.45, 2.75) is 6.92 Å². The van der Waals surface area contributed by atoms with E-state index in [0.717, 1.165) is 18.7 Å². The first-order chi connectivity index (χ1) is 8.06. The Labute approximate surface area is 106 Å². The van der Waals surface area contributed by atoms with Crippen LogP contribution >= 0.6 is 15.9 Å². The number of nitrogens with zero attached hydrogens (tertiary/aromatic N) is 1. The van der Waals surface area contributed by atoms with Crippen molar-refractivity contribution in [3.63, 3.8) is 0 Å². The van der Waals surface area contributed by atoms with Crippen molar-refractivity contribution in [1.29, 1.82) is 0 Å². The number of rotatable bonds is 6. The fourth-order valence-electron chi connectivity index (χ4n) is 1.19. The molecule has 0 aliphatic rings. The second-order valence-electron chi connectivity index (χ2n) is 3.19. The van der Waals surface area contributed by atoms with Gasteiger partial charge in [0.2, 0.25) is 0 Å². The first-order valence-electron chi connectivity index (χ1n) is 5.03. The third-order valence-electron chi connectivity index (χ3n) is 1.98. The SMILES string of the molecule is CCNCCOc1cc(F)c(Br)cc1[N+](=O)[O-]. The molecule has 0 atom stereocenters. The zero-order chi connectivity index (χ0) is 12.8. The lowest BCUT2D eigenvalue weighted by molar-refractivity contribution is -0.386. The average Bonchev–Trinajstić information content (AvgIpc) is 2.28. The van der Waals surface area contributed by atoms with E-state index in [4.69, 9.17) is 4.74 Å². The minimum Gasteiger partial charge on any atom is -0.485 e. The Balaban J connectivity index is 2.81. The van der Waals surface area contributed by atoms with Crippen molar-refractivity contribution in [2.24, 2.45) is 0 Å². The lowest BCUT2D eigenvalue weighted by Gasteiger charge is -2.07. The van der Waals surface area contributed by atoms with Crippen molar-refractivity contribution in [2.75, 3.05) is 19.7 Å². The van der Waals surface area contributed by atoms with Crippen molar-refractivity contribution in [1.82, 2.24) is 5.32 Å². The van der Waals surface area contributed by atoms with E-state index < -0.39 is 10.7 Å². The maximum atomic E-state index is 13.2. The molecule has 0 aromatic heterocycles. The van der Waals surface area contributed by atoms with Crippen LogP contribution in [-0.2, 0) is 0 Å². The number of likely N-dealkylation sites (N-methyl/N-ethyl adjacent to an activating group) is 1. The molecule has 5 nitrogen and oxygen atoms in total. The second-order valence-corrected chi connectivity index (χ2v) is 4.05. The molecule has 0 saturated heterocycles. The highest BCUT2D eigenvalue weighted by molar-refractivity contribution is 9.10. The molecule has 7 heteroatoms. The van der Waals surface area contributed by atoms with Crippen LogP contribution in [-0.4, -0.2) is 24.6 Å². The van der Waals surface area contributed by atoms with E-state index >= 15 is 0 Å². The fourth-order valence-corrected chi connectivity index (χ4v) is 1.52. The van der Waals surface area contributed by atoms with Crippen molar-refractivity contribution < 1.29 is 14.1 Å². The summed E-state index contributed by atoms with van der Waals surface area (Å²) in [5.74, 6) is -0.650. The third kappa shape index (κ3) is 3.94. The van der Waals surface area contributed by atoms with Crippen LogP contribution in [0, 0.1) is 15.9 Å². The monoisotopic (exact) mass is 306 g/mol. The van der Waals surface area contributed by atoms with Gasteiger partial charge in [-0.05, 0) is 22.5 Å².